The topological polar surface area (TPSA) is 69.6 Å². The van der Waals surface area contributed by atoms with Gasteiger partial charge in [-0.15, -0.1) is 11.3 Å². The third-order valence-corrected chi connectivity index (χ3v) is 3.87. The Balaban J connectivity index is 1.78. The molecule has 2 amide bonds. The molecule has 0 unspecified atom stereocenters. The number of amides is 2. The number of aliphatic hydroxyl groups excluding tert-OH is 1. The van der Waals surface area contributed by atoms with Gasteiger partial charge in [-0.05, 0) is 12.5 Å². The molecule has 0 aromatic carbocycles. The molecule has 20 heavy (non-hydrogen) atoms. The summed E-state index contributed by atoms with van der Waals surface area (Å²) in [5, 5.41) is 13.3. The van der Waals surface area contributed by atoms with E-state index >= 15 is 0 Å². The molecule has 2 heterocycles. The van der Waals surface area contributed by atoms with Gasteiger partial charge in [0.2, 0.25) is 11.8 Å². The normalized spacial score (nSPS) is 14.1. The minimum Gasteiger partial charge on any atom is -0.384 e. The summed E-state index contributed by atoms with van der Waals surface area (Å²) >= 11 is 1.51. The summed E-state index contributed by atoms with van der Waals surface area (Å²) in [6.45, 7) is 1.09. The van der Waals surface area contributed by atoms with Crippen molar-refractivity contribution in [2.24, 2.45) is 0 Å². The summed E-state index contributed by atoms with van der Waals surface area (Å²) in [5.74, 6) is 5.30. The van der Waals surface area contributed by atoms with Crippen molar-refractivity contribution in [1.82, 2.24) is 10.2 Å². The van der Waals surface area contributed by atoms with Gasteiger partial charge in [-0.3, -0.25) is 9.59 Å². The number of nitrogens with zero attached hydrogens (tertiary/aromatic N) is 1. The first-order valence-corrected chi connectivity index (χ1v) is 7.28. The Hall–Kier alpha value is -1.84. The van der Waals surface area contributed by atoms with Gasteiger partial charge in [0, 0.05) is 28.8 Å². The largest absolute Gasteiger partial charge is 0.384 e. The zero-order chi connectivity index (χ0) is 14.4. The van der Waals surface area contributed by atoms with Gasteiger partial charge in [0.1, 0.15) is 6.61 Å². The third-order valence-electron chi connectivity index (χ3n) is 2.93. The van der Waals surface area contributed by atoms with E-state index in [-0.39, 0.29) is 25.0 Å². The van der Waals surface area contributed by atoms with Crippen molar-refractivity contribution in [3.05, 3.63) is 21.9 Å². The average molecular weight is 292 g/mol. The first-order valence-electron chi connectivity index (χ1n) is 6.40. The molecule has 2 N–H and O–H groups in total. The SMILES string of the molecule is O=C(CN1CCCC1=O)NCc1cc(C#CCO)cs1. The maximum atomic E-state index is 11.7. The summed E-state index contributed by atoms with van der Waals surface area (Å²) in [7, 11) is 0. The van der Waals surface area contributed by atoms with Gasteiger partial charge in [0.15, 0.2) is 0 Å². The monoisotopic (exact) mass is 292 g/mol. The van der Waals surface area contributed by atoms with Crippen molar-refractivity contribution in [3.63, 3.8) is 0 Å². The van der Waals surface area contributed by atoms with Crippen LogP contribution in [0.4, 0.5) is 0 Å². The fraction of sp³-hybridized carbons (Fsp3) is 0.429. The van der Waals surface area contributed by atoms with Crippen LogP contribution >= 0.6 is 11.3 Å². The van der Waals surface area contributed by atoms with Crippen molar-refractivity contribution >= 4 is 23.2 Å². The fourth-order valence-corrected chi connectivity index (χ4v) is 2.72. The van der Waals surface area contributed by atoms with Crippen molar-refractivity contribution < 1.29 is 14.7 Å². The number of carbonyl (C=O) groups excluding carboxylic acids is 2. The van der Waals surface area contributed by atoms with E-state index in [0.717, 1.165) is 16.9 Å². The number of hydrogen-bond donors (Lipinski definition) is 2. The highest BCUT2D eigenvalue weighted by Crippen LogP contribution is 2.13. The molecular formula is C14H16N2O3S. The molecule has 0 atom stereocenters. The minimum absolute atomic E-state index is 0.0536. The standard InChI is InChI=1S/C14H16N2O3S/c17-6-2-3-11-7-12(20-10-11)8-15-13(18)9-16-5-1-4-14(16)19/h7,10,17H,1,4-6,8-9H2,(H,15,18). The third kappa shape index (κ3) is 4.08. The van der Waals surface area contributed by atoms with E-state index in [0.29, 0.717) is 19.5 Å². The molecular weight excluding hydrogens is 276 g/mol. The van der Waals surface area contributed by atoms with Gasteiger partial charge in [0.25, 0.3) is 0 Å². The Labute approximate surface area is 121 Å². The number of nitrogens with one attached hydrogen (secondary N) is 1. The van der Waals surface area contributed by atoms with E-state index in [9.17, 15) is 9.59 Å². The van der Waals surface area contributed by atoms with E-state index < -0.39 is 0 Å². The highest BCUT2D eigenvalue weighted by atomic mass is 32.1. The summed E-state index contributed by atoms with van der Waals surface area (Å²) in [5.41, 5.74) is 0.836. The molecule has 0 radical (unpaired) electrons. The summed E-state index contributed by atoms with van der Waals surface area (Å²) in [6.07, 6.45) is 1.38. The molecule has 2 rings (SSSR count). The summed E-state index contributed by atoms with van der Waals surface area (Å²) < 4.78 is 0. The smallest absolute Gasteiger partial charge is 0.239 e. The molecule has 1 aromatic rings. The lowest BCUT2D eigenvalue weighted by Crippen LogP contribution is -2.37. The predicted octanol–water partition coefficient (Wildman–Crippen LogP) is 0.331. The second kappa shape index (κ2) is 7.08. The number of rotatable bonds is 4. The molecule has 0 spiro atoms. The number of aliphatic hydroxyl groups is 1. The zero-order valence-electron chi connectivity index (χ0n) is 11.0. The second-order valence-corrected chi connectivity index (χ2v) is 5.45. The van der Waals surface area contributed by atoms with Crippen LogP contribution < -0.4 is 5.32 Å². The molecule has 106 valence electrons. The number of likely N-dealkylation sites (tertiary alicyclic amines) is 1. The number of thiophene rings is 1. The average Bonchev–Trinajstić information content (AvgIpc) is 3.04. The van der Waals surface area contributed by atoms with Crippen molar-refractivity contribution in [2.45, 2.75) is 19.4 Å². The van der Waals surface area contributed by atoms with Crippen LogP contribution in [0.1, 0.15) is 23.3 Å². The lowest BCUT2D eigenvalue weighted by Gasteiger charge is -2.14. The Morgan fingerprint density at radius 2 is 2.40 bits per heavy atom. The highest BCUT2D eigenvalue weighted by molar-refractivity contribution is 7.10. The molecule has 0 bridgehead atoms. The molecule has 1 fully saturated rings. The molecule has 0 aliphatic carbocycles. The van der Waals surface area contributed by atoms with Crippen LogP contribution in [0.15, 0.2) is 11.4 Å². The molecule has 1 aliphatic rings. The molecule has 6 heteroatoms. The van der Waals surface area contributed by atoms with Gasteiger partial charge in [0.05, 0.1) is 13.1 Å². The van der Waals surface area contributed by atoms with Crippen LogP contribution in [0.2, 0.25) is 0 Å². The van der Waals surface area contributed by atoms with Crippen LogP contribution in [0.25, 0.3) is 0 Å². The maximum absolute atomic E-state index is 11.7. The Morgan fingerprint density at radius 1 is 1.55 bits per heavy atom. The van der Waals surface area contributed by atoms with E-state index in [2.05, 4.69) is 17.2 Å². The van der Waals surface area contributed by atoms with Crippen LogP contribution in [0.3, 0.4) is 0 Å². The van der Waals surface area contributed by atoms with E-state index in [1.165, 1.54) is 11.3 Å². The Kier molecular flexibility index (Phi) is 5.16. The zero-order valence-corrected chi connectivity index (χ0v) is 11.8. The van der Waals surface area contributed by atoms with E-state index in [1.54, 1.807) is 4.90 Å². The lowest BCUT2D eigenvalue weighted by atomic mass is 10.3. The first kappa shape index (κ1) is 14.6. The molecule has 1 aromatic heterocycles. The minimum atomic E-state index is -0.161. The quantitative estimate of drug-likeness (QED) is 0.786. The van der Waals surface area contributed by atoms with E-state index in [1.807, 2.05) is 11.4 Å². The van der Waals surface area contributed by atoms with Crippen LogP contribution in [-0.4, -0.2) is 41.5 Å². The summed E-state index contributed by atoms with van der Waals surface area (Å²) in [4.78, 5) is 25.7. The first-order chi connectivity index (χ1) is 9.69. The van der Waals surface area contributed by atoms with Crippen LogP contribution in [0.5, 0.6) is 0 Å². The van der Waals surface area contributed by atoms with Gasteiger partial charge >= 0.3 is 0 Å². The Morgan fingerprint density at radius 3 is 3.10 bits per heavy atom. The number of carbonyl (C=O) groups is 2. The van der Waals surface area contributed by atoms with Crippen molar-refractivity contribution in [2.75, 3.05) is 19.7 Å². The predicted molar refractivity (Wildman–Crippen MR) is 75.9 cm³/mol. The van der Waals surface area contributed by atoms with Crippen LogP contribution in [-0.2, 0) is 16.1 Å². The highest BCUT2D eigenvalue weighted by Gasteiger charge is 2.22. The summed E-state index contributed by atoms with van der Waals surface area (Å²) in [6, 6.07) is 1.88. The van der Waals surface area contributed by atoms with Gasteiger partial charge in [-0.25, -0.2) is 0 Å². The maximum Gasteiger partial charge on any atom is 0.239 e. The van der Waals surface area contributed by atoms with Gasteiger partial charge in [-0.1, -0.05) is 11.8 Å². The fourth-order valence-electron chi connectivity index (χ4n) is 1.97. The lowest BCUT2D eigenvalue weighted by molar-refractivity contribution is -0.133. The number of hydrogen-bond acceptors (Lipinski definition) is 4. The molecule has 1 saturated heterocycles. The molecule has 5 nitrogen and oxygen atoms in total. The molecule has 0 saturated carbocycles. The Bertz CT molecular complexity index is 556. The van der Waals surface area contributed by atoms with Crippen LogP contribution in [0, 0.1) is 11.8 Å². The van der Waals surface area contributed by atoms with Crippen molar-refractivity contribution in [1.29, 1.82) is 0 Å². The molecule has 1 aliphatic heterocycles. The van der Waals surface area contributed by atoms with Gasteiger partial charge in [-0.2, -0.15) is 0 Å². The van der Waals surface area contributed by atoms with Crippen molar-refractivity contribution in [3.8, 4) is 11.8 Å². The van der Waals surface area contributed by atoms with E-state index in [4.69, 9.17) is 5.11 Å². The second-order valence-electron chi connectivity index (χ2n) is 4.46. The van der Waals surface area contributed by atoms with Gasteiger partial charge < -0.3 is 15.3 Å².